The average Bonchev–Trinajstić information content (AvgIpc) is 2.50. The number of benzene rings is 1. The van der Waals surface area contributed by atoms with Gasteiger partial charge in [-0.15, -0.1) is 0 Å². The lowest BCUT2D eigenvalue weighted by atomic mass is 10.2. The molecule has 2 N–H and O–H groups in total. The molecule has 0 aliphatic carbocycles. The summed E-state index contributed by atoms with van der Waals surface area (Å²) in [6, 6.07) is 7.60. The standard InChI is InChI=1S/C15H12FN3O2/c1-20-15-7-10-12(8-19-15)18-5-4-13(10)21-14-3-2-9(17)6-11(14)16/h2-8H,17H2,1H3. The van der Waals surface area contributed by atoms with E-state index in [1.165, 1.54) is 19.2 Å². The molecule has 2 aromatic heterocycles. The first-order valence-corrected chi connectivity index (χ1v) is 6.19. The van der Waals surface area contributed by atoms with Crippen LogP contribution >= 0.6 is 0 Å². The van der Waals surface area contributed by atoms with Crippen molar-refractivity contribution in [1.82, 2.24) is 9.97 Å². The predicted octanol–water partition coefficient (Wildman–Crippen LogP) is 3.15. The average molecular weight is 285 g/mol. The third kappa shape index (κ3) is 2.55. The van der Waals surface area contributed by atoms with Gasteiger partial charge in [0, 0.05) is 29.4 Å². The van der Waals surface area contributed by atoms with Gasteiger partial charge in [-0.1, -0.05) is 0 Å². The van der Waals surface area contributed by atoms with Gasteiger partial charge >= 0.3 is 0 Å². The SMILES string of the molecule is COc1cc2c(Oc3ccc(N)cc3F)ccnc2cn1. The summed E-state index contributed by atoms with van der Waals surface area (Å²) < 4.78 is 24.5. The van der Waals surface area contributed by atoms with Gasteiger partial charge in [0.15, 0.2) is 11.6 Å². The maximum absolute atomic E-state index is 13.8. The molecule has 3 aromatic rings. The molecule has 2 heterocycles. The molecule has 0 atom stereocenters. The largest absolute Gasteiger partial charge is 0.481 e. The van der Waals surface area contributed by atoms with Crippen LogP contribution in [0, 0.1) is 5.82 Å². The molecule has 5 nitrogen and oxygen atoms in total. The van der Waals surface area contributed by atoms with E-state index in [1.54, 1.807) is 30.6 Å². The second-order valence-electron chi connectivity index (χ2n) is 4.34. The minimum atomic E-state index is -0.527. The Morgan fingerprint density at radius 3 is 2.71 bits per heavy atom. The summed E-state index contributed by atoms with van der Waals surface area (Å²) in [5.41, 5.74) is 6.49. The predicted molar refractivity (Wildman–Crippen MR) is 77.0 cm³/mol. The third-order valence-electron chi connectivity index (χ3n) is 2.95. The molecule has 0 fully saturated rings. The maximum atomic E-state index is 13.8. The number of nitrogens with zero attached hydrogens (tertiary/aromatic N) is 2. The first-order chi connectivity index (χ1) is 10.2. The number of aromatic nitrogens is 2. The van der Waals surface area contributed by atoms with Crippen LogP contribution in [0.2, 0.25) is 0 Å². The molecule has 0 spiro atoms. The van der Waals surface area contributed by atoms with Crippen molar-refractivity contribution >= 4 is 16.6 Å². The van der Waals surface area contributed by atoms with Crippen molar-refractivity contribution in [3.63, 3.8) is 0 Å². The van der Waals surface area contributed by atoms with Gasteiger partial charge in [-0.2, -0.15) is 0 Å². The Hall–Kier alpha value is -2.89. The molecule has 0 saturated heterocycles. The number of nitrogen functional groups attached to an aromatic ring is 1. The van der Waals surface area contributed by atoms with Gasteiger partial charge < -0.3 is 15.2 Å². The van der Waals surface area contributed by atoms with Crippen LogP contribution in [0.4, 0.5) is 10.1 Å². The smallest absolute Gasteiger partial charge is 0.213 e. The molecule has 6 heteroatoms. The number of ether oxygens (including phenoxy) is 2. The summed E-state index contributed by atoms with van der Waals surface area (Å²) >= 11 is 0. The van der Waals surface area contributed by atoms with Crippen LogP contribution in [0.25, 0.3) is 10.9 Å². The number of pyridine rings is 2. The second-order valence-corrected chi connectivity index (χ2v) is 4.34. The Balaban J connectivity index is 2.07. The molecule has 0 radical (unpaired) electrons. The van der Waals surface area contributed by atoms with E-state index >= 15 is 0 Å². The van der Waals surface area contributed by atoms with Crippen LogP contribution in [0.3, 0.4) is 0 Å². The molecule has 106 valence electrons. The lowest BCUT2D eigenvalue weighted by molar-refractivity contribution is 0.398. The zero-order chi connectivity index (χ0) is 14.8. The van der Waals surface area contributed by atoms with Crippen molar-refractivity contribution in [3.8, 4) is 17.4 Å². The van der Waals surface area contributed by atoms with Crippen molar-refractivity contribution in [1.29, 1.82) is 0 Å². The molecule has 0 bridgehead atoms. The van der Waals surface area contributed by atoms with Crippen LogP contribution in [-0.4, -0.2) is 17.1 Å². The minimum absolute atomic E-state index is 0.0903. The van der Waals surface area contributed by atoms with Crippen molar-refractivity contribution in [2.45, 2.75) is 0 Å². The highest BCUT2D eigenvalue weighted by Crippen LogP contribution is 2.31. The van der Waals surface area contributed by atoms with Crippen LogP contribution in [0.1, 0.15) is 0 Å². The first-order valence-electron chi connectivity index (χ1n) is 6.19. The Bertz CT molecular complexity index is 808. The summed E-state index contributed by atoms with van der Waals surface area (Å²) in [6.07, 6.45) is 3.14. The van der Waals surface area contributed by atoms with Gasteiger partial charge in [0.2, 0.25) is 5.88 Å². The number of halogens is 1. The highest BCUT2D eigenvalue weighted by atomic mass is 19.1. The highest BCUT2D eigenvalue weighted by molar-refractivity contribution is 5.85. The topological polar surface area (TPSA) is 70.3 Å². The number of hydrogen-bond donors (Lipinski definition) is 1. The van der Waals surface area contributed by atoms with Gasteiger partial charge in [-0.3, -0.25) is 4.98 Å². The number of hydrogen-bond acceptors (Lipinski definition) is 5. The molecule has 0 amide bonds. The van der Waals surface area contributed by atoms with Crippen LogP contribution in [0.15, 0.2) is 42.7 Å². The summed E-state index contributed by atoms with van der Waals surface area (Å²) in [7, 11) is 1.52. The monoisotopic (exact) mass is 285 g/mol. The van der Waals surface area contributed by atoms with E-state index in [-0.39, 0.29) is 5.75 Å². The minimum Gasteiger partial charge on any atom is -0.481 e. The summed E-state index contributed by atoms with van der Waals surface area (Å²) in [4.78, 5) is 8.26. The van der Waals surface area contributed by atoms with Crippen LogP contribution in [-0.2, 0) is 0 Å². The lowest BCUT2D eigenvalue weighted by Gasteiger charge is -2.10. The van der Waals surface area contributed by atoms with Gasteiger partial charge in [0.1, 0.15) is 5.75 Å². The molecule has 1 aromatic carbocycles. The maximum Gasteiger partial charge on any atom is 0.213 e. The fourth-order valence-corrected chi connectivity index (χ4v) is 1.92. The first kappa shape index (κ1) is 13.1. The van der Waals surface area contributed by atoms with E-state index < -0.39 is 5.82 Å². The fraction of sp³-hybridized carbons (Fsp3) is 0.0667. The Labute approximate surface area is 120 Å². The van der Waals surface area contributed by atoms with Crippen molar-refractivity contribution in [3.05, 3.63) is 48.5 Å². The van der Waals surface area contributed by atoms with Crippen LogP contribution < -0.4 is 15.2 Å². The molecule has 21 heavy (non-hydrogen) atoms. The molecular weight excluding hydrogens is 273 g/mol. The summed E-state index contributed by atoms with van der Waals surface area (Å²) in [5.74, 6) is 0.455. The van der Waals surface area contributed by atoms with Crippen molar-refractivity contribution in [2.24, 2.45) is 0 Å². The van der Waals surface area contributed by atoms with E-state index in [0.717, 1.165) is 0 Å². The van der Waals surface area contributed by atoms with E-state index in [2.05, 4.69) is 9.97 Å². The van der Waals surface area contributed by atoms with Gasteiger partial charge in [0.05, 0.1) is 18.8 Å². The summed E-state index contributed by atoms with van der Waals surface area (Å²) in [6.45, 7) is 0. The molecular formula is C15H12FN3O2. The third-order valence-corrected chi connectivity index (χ3v) is 2.95. The normalized spacial score (nSPS) is 10.6. The fourth-order valence-electron chi connectivity index (χ4n) is 1.92. The number of rotatable bonds is 3. The number of anilines is 1. The molecule has 0 unspecified atom stereocenters. The molecule has 0 saturated carbocycles. The number of methoxy groups -OCH3 is 1. The van der Waals surface area contributed by atoms with E-state index in [0.29, 0.717) is 28.2 Å². The molecule has 0 aliphatic rings. The highest BCUT2D eigenvalue weighted by Gasteiger charge is 2.10. The lowest BCUT2D eigenvalue weighted by Crippen LogP contribution is -1.94. The van der Waals surface area contributed by atoms with E-state index in [1.807, 2.05) is 0 Å². The second kappa shape index (κ2) is 5.24. The summed E-state index contributed by atoms with van der Waals surface area (Å²) in [5, 5.41) is 0.681. The number of fused-ring (bicyclic) bond motifs is 1. The molecule has 3 rings (SSSR count). The Morgan fingerprint density at radius 1 is 1.10 bits per heavy atom. The van der Waals surface area contributed by atoms with E-state index in [4.69, 9.17) is 15.2 Å². The van der Waals surface area contributed by atoms with Gasteiger partial charge in [0.25, 0.3) is 0 Å². The van der Waals surface area contributed by atoms with Crippen molar-refractivity contribution in [2.75, 3.05) is 12.8 Å². The van der Waals surface area contributed by atoms with Gasteiger partial charge in [-0.25, -0.2) is 9.37 Å². The zero-order valence-corrected chi connectivity index (χ0v) is 11.2. The quantitative estimate of drug-likeness (QED) is 0.748. The number of nitrogens with two attached hydrogens (primary N) is 1. The Kier molecular flexibility index (Phi) is 3.27. The zero-order valence-electron chi connectivity index (χ0n) is 11.2. The van der Waals surface area contributed by atoms with Crippen molar-refractivity contribution < 1.29 is 13.9 Å². The van der Waals surface area contributed by atoms with E-state index in [9.17, 15) is 4.39 Å². The van der Waals surface area contributed by atoms with Gasteiger partial charge in [-0.05, 0) is 18.2 Å². The molecule has 0 aliphatic heterocycles. The Morgan fingerprint density at radius 2 is 1.95 bits per heavy atom. The van der Waals surface area contributed by atoms with Crippen LogP contribution in [0.5, 0.6) is 17.4 Å².